The van der Waals surface area contributed by atoms with Crippen LogP contribution in [0.15, 0.2) is 119 Å². The maximum absolute atomic E-state index is 13.6. The van der Waals surface area contributed by atoms with Gasteiger partial charge in [0, 0.05) is 37.1 Å². The monoisotopic (exact) mass is 710 g/mol. The lowest BCUT2D eigenvalue weighted by atomic mass is 10.1. The number of anilines is 2. The van der Waals surface area contributed by atoms with Crippen LogP contribution in [0.3, 0.4) is 0 Å². The highest BCUT2D eigenvalue weighted by Crippen LogP contribution is 2.36. The largest absolute Gasteiger partial charge is 0.321 e. The lowest BCUT2D eigenvalue weighted by Gasteiger charge is -2.16. The number of carbonyl (C=O) groups excluding carboxylic acids is 3. The van der Waals surface area contributed by atoms with Crippen molar-refractivity contribution >= 4 is 80.8 Å². The number of hydrogen-bond acceptors (Lipinski definition) is 6. The Balaban J connectivity index is 1.32. The second kappa shape index (κ2) is 16.3. The molecule has 3 amide bonds. The number of nitrogens with one attached hydrogen (secondary N) is 3. The van der Waals surface area contributed by atoms with Crippen molar-refractivity contribution in [3.8, 4) is 17.2 Å². The van der Waals surface area contributed by atoms with Crippen LogP contribution in [-0.4, -0.2) is 23.0 Å². The Morgan fingerprint density at radius 3 is 2.33 bits per heavy atom. The highest BCUT2D eigenvalue weighted by molar-refractivity contribution is 8.00. The summed E-state index contributed by atoms with van der Waals surface area (Å²) in [5.74, 6) is -1.28. The standard InChI is InChI=1S/C37H28Cl2N4O3S2/c1-2-33(36(46)43-37-29(21-40)30(22-47-37)23-10-5-3-6-11-23)48-28-15-9-14-27(20-28)41-35(45)32(18-25-16-17-26(38)19-31(25)39)42-34(44)24-12-7-4-8-13-24/h3-20,22,33H,2H2,1H3,(H,41,45)(H,42,44)(H,43,46)/b32-18+. The van der Waals surface area contributed by atoms with Crippen molar-refractivity contribution in [1.29, 1.82) is 5.26 Å². The molecule has 0 radical (unpaired) electrons. The average molecular weight is 712 g/mol. The molecule has 0 saturated carbocycles. The predicted octanol–water partition coefficient (Wildman–Crippen LogP) is 9.51. The molecular formula is C37H28Cl2N4O3S2. The van der Waals surface area contributed by atoms with Crippen LogP contribution in [0.4, 0.5) is 10.7 Å². The fourth-order valence-electron chi connectivity index (χ4n) is 4.63. The van der Waals surface area contributed by atoms with Crippen LogP contribution in [0.2, 0.25) is 10.0 Å². The lowest BCUT2D eigenvalue weighted by Crippen LogP contribution is -2.30. The number of thiophene rings is 1. The summed E-state index contributed by atoms with van der Waals surface area (Å²) in [5, 5.41) is 21.0. The van der Waals surface area contributed by atoms with Gasteiger partial charge >= 0.3 is 0 Å². The van der Waals surface area contributed by atoms with Gasteiger partial charge in [0.1, 0.15) is 16.8 Å². The van der Waals surface area contributed by atoms with E-state index in [4.69, 9.17) is 23.2 Å². The van der Waals surface area contributed by atoms with Gasteiger partial charge in [-0.2, -0.15) is 5.26 Å². The topological polar surface area (TPSA) is 111 Å². The summed E-state index contributed by atoms with van der Waals surface area (Å²) in [4.78, 5) is 40.7. The van der Waals surface area contributed by atoms with Crippen LogP contribution in [0.25, 0.3) is 17.2 Å². The highest BCUT2D eigenvalue weighted by Gasteiger charge is 2.22. The Labute approximate surface area is 296 Å². The summed E-state index contributed by atoms with van der Waals surface area (Å²) in [6.45, 7) is 1.91. The normalized spacial score (nSPS) is 11.7. The van der Waals surface area contributed by atoms with Gasteiger partial charge in [-0.05, 0) is 66.1 Å². The molecule has 1 aromatic heterocycles. The van der Waals surface area contributed by atoms with Crippen molar-refractivity contribution in [2.45, 2.75) is 23.5 Å². The second-order valence-electron chi connectivity index (χ2n) is 10.4. The summed E-state index contributed by atoms with van der Waals surface area (Å²) in [5.41, 5.74) is 3.39. The van der Waals surface area contributed by atoms with E-state index >= 15 is 0 Å². The molecule has 4 aromatic carbocycles. The molecule has 240 valence electrons. The summed E-state index contributed by atoms with van der Waals surface area (Å²) in [6, 6.07) is 32.2. The molecule has 11 heteroatoms. The van der Waals surface area contributed by atoms with Crippen LogP contribution in [0.5, 0.6) is 0 Å². The molecule has 0 spiro atoms. The Morgan fingerprint density at radius 1 is 0.917 bits per heavy atom. The van der Waals surface area contributed by atoms with Crippen LogP contribution < -0.4 is 16.0 Å². The van der Waals surface area contributed by atoms with E-state index in [0.717, 1.165) is 16.0 Å². The number of nitriles is 1. The Bertz CT molecular complexity index is 2030. The molecule has 0 aliphatic carbocycles. The van der Waals surface area contributed by atoms with Crippen LogP contribution in [0.1, 0.15) is 34.8 Å². The molecule has 5 aromatic rings. The van der Waals surface area contributed by atoms with E-state index in [9.17, 15) is 19.6 Å². The van der Waals surface area contributed by atoms with E-state index in [1.807, 2.05) is 48.7 Å². The molecular weight excluding hydrogens is 683 g/mol. The first kappa shape index (κ1) is 34.5. The molecule has 0 aliphatic heterocycles. The van der Waals surface area contributed by atoms with Gasteiger partial charge in [0.25, 0.3) is 11.8 Å². The number of nitrogens with zero attached hydrogens (tertiary/aromatic N) is 1. The van der Waals surface area contributed by atoms with Gasteiger partial charge in [-0.3, -0.25) is 14.4 Å². The van der Waals surface area contributed by atoms with E-state index in [1.165, 1.54) is 29.2 Å². The molecule has 7 nitrogen and oxygen atoms in total. The third-order valence-electron chi connectivity index (χ3n) is 7.05. The zero-order chi connectivity index (χ0) is 34.0. The maximum atomic E-state index is 13.6. The Hall–Kier alpha value is -4.85. The first-order chi connectivity index (χ1) is 23.2. The Morgan fingerprint density at radius 2 is 1.65 bits per heavy atom. The molecule has 0 bridgehead atoms. The lowest BCUT2D eigenvalue weighted by molar-refractivity contribution is -0.116. The zero-order valence-corrected chi connectivity index (χ0v) is 28.6. The van der Waals surface area contributed by atoms with Gasteiger partial charge in [-0.25, -0.2) is 0 Å². The number of thioether (sulfide) groups is 1. The molecule has 3 N–H and O–H groups in total. The van der Waals surface area contributed by atoms with Gasteiger partial charge in [0.05, 0.1) is 10.8 Å². The smallest absolute Gasteiger partial charge is 0.272 e. The molecule has 1 atom stereocenters. The average Bonchev–Trinajstić information content (AvgIpc) is 3.51. The predicted molar refractivity (Wildman–Crippen MR) is 196 cm³/mol. The number of amides is 3. The number of benzene rings is 4. The van der Waals surface area contributed by atoms with E-state index in [-0.39, 0.29) is 11.6 Å². The van der Waals surface area contributed by atoms with Gasteiger partial charge in [0.2, 0.25) is 5.91 Å². The highest BCUT2D eigenvalue weighted by atomic mass is 35.5. The van der Waals surface area contributed by atoms with Crippen LogP contribution >= 0.6 is 46.3 Å². The van der Waals surface area contributed by atoms with Crippen molar-refractivity contribution in [1.82, 2.24) is 5.32 Å². The third-order valence-corrected chi connectivity index (χ3v) is 9.86. The van der Waals surface area contributed by atoms with Crippen LogP contribution in [0, 0.1) is 11.3 Å². The van der Waals surface area contributed by atoms with Gasteiger partial charge < -0.3 is 16.0 Å². The van der Waals surface area contributed by atoms with Crippen molar-refractivity contribution in [3.05, 3.63) is 141 Å². The van der Waals surface area contributed by atoms with E-state index in [2.05, 4.69) is 22.0 Å². The van der Waals surface area contributed by atoms with Crippen molar-refractivity contribution < 1.29 is 14.4 Å². The Kier molecular flexibility index (Phi) is 11.7. The fourth-order valence-corrected chi connectivity index (χ4v) is 7.03. The van der Waals surface area contributed by atoms with Crippen molar-refractivity contribution in [2.75, 3.05) is 10.6 Å². The minimum Gasteiger partial charge on any atom is -0.321 e. The fraction of sp³-hybridized carbons (Fsp3) is 0.0811. The molecule has 5 rings (SSSR count). The first-order valence-electron chi connectivity index (χ1n) is 14.7. The SMILES string of the molecule is CCC(Sc1cccc(NC(=O)/C(=C\c2ccc(Cl)cc2Cl)NC(=O)c2ccccc2)c1)C(=O)Nc1scc(-c2ccccc2)c1C#N. The summed E-state index contributed by atoms with van der Waals surface area (Å²) >= 11 is 15.1. The summed E-state index contributed by atoms with van der Waals surface area (Å²) in [6.07, 6.45) is 2.00. The quantitative estimate of drug-likeness (QED) is 0.0934. The van der Waals surface area contributed by atoms with E-state index in [1.54, 1.807) is 66.7 Å². The van der Waals surface area contributed by atoms with Gasteiger partial charge in [-0.1, -0.05) is 90.8 Å². The van der Waals surface area contributed by atoms with Crippen molar-refractivity contribution in [2.24, 2.45) is 0 Å². The summed E-state index contributed by atoms with van der Waals surface area (Å²) < 4.78 is 0. The number of halogens is 2. The third kappa shape index (κ3) is 8.73. The first-order valence-corrected chi connectivity index (χ1v) is 17.3. The number of carbonyl (C=O) groups is 3. The molecule has 0 aliphatic rings. The molecule has 1 unspecified atom stereocenters. The summed E-state index contributed by atoms with van der Waals surface area (Å²) in [7, 11) is 0. The molecule has 0 saturated heterocycles. The van der Waals surface area contributed by atoms with Gasteiger partial charge in [-0.15, -0.1) is 23.1 Å². The van der Waals surface area contributed by atoms with Crippen LogP contribution in [-0.2, 0) is 9.59 Å². The van der Waals surface area contributed by atoms with Crippen molar-refractivity contribution in [3.63, 3.8) is 0 Å². The number of rotatable bonds is 11. The molecule has 48 heavy (non-hydrogen) atoms. The maximum Gasteiger partial charge on any atom is 0.272 e. The minimum absolute atomic E-state index is 0.0314. The van der Waals surface area contributed by atoms with Gasteiger partial charge in [0.15, 0.2) is 0 Å². The molecule has 0 fully saturated rings. The van der Waals surface area contributed by atoms with E-state index in [0.29, 0.717) is 43.8 Å². The minimum atomic E-state index is -0.576. The second-order valence-corrected chi connectivity index (χ2v) is 13.4. The van der Waals surface area contributed by atoms with E-state index < -0.39 is 17.1 Å². The number of hydrogen-bond donors (Lipinski definition) is 3. The zero-order valence-electron chi connectivity index (χ0n) is 25.5. The molecule has 1 heterocycles.